The maximum atomic E-state index is 12.4. The van der Waals surface area contributed by atoms with Gasteiger partial charge in [-0.1, -0.05) is 34.8 Å². The van der Waals surface area contributed by atoms with E-state index in [0.717, 1.165) is 48.5 Å². The highest BCUT2D eigenvalue weighted by molar-refractivity contribution is 6.76. The summed E-state index contributed by atoms with van der Waals surface area (Å²) in [6, 6.07) is 0. The monoisotopic (exact) mass is 779 g/mol. The van der Waals surface area contributed by atoms with Gasteiger partial charge < -0.3 is 52.1 Å². The Kier molecular flexibility index (Phi) is 15.9. The molecule has 1 N–H and O–H groups in total. The van der Waals surface area contributed by atoms with Crippen LogP contribution in [0.15, 0.2) is 0 Å². The van der Waals surface area contributed by atoms with Crippen molar-refractivity contribution in [2.75, 3.05) is 13.2 Å². The van der Waals surface area contributed by atoms with Crippen LogP contribution in [0.2, 0.25) is 0 Å². The summed E-state index contributed by atoms with van der Waals surface area (Å²) in [4.78, 5) is 84.9. The molecule has 0 bridgehead atoms. The Bertz CT molecular complexity index is 1310. The lowest BCUT2D eigenvalue weighted by Gasteiger charge is -2.48. The Morgan fingerprint density at radius 2 is 0.840 bits per heavy atom. The topological polar surface area (TPSA) is 245 Å². The van der Waals surface area contributed by atoms with Crippen molar-refractivity contribution < 1.29 is 85.7 Å². The molecule has 2 heterocycles. The Labute approximate surface area is 300 Å². The molecular weight excluding hydrogens is 745 g/mol. The SMILES string of the molecule is CC(=O)OCC1OC(OC2C(COC(C)=O)OC(OC(=N)C(Cl)(Cl)Cl)C(OC(C)=O)C2OC(C)=O)C(OC(C)=O)C(OC(C)=O)C1OC(C)=O. The first-order chi connectivity index (χ1) is 23.1. The molecule has 2 aliphatic heterocycles. The number of alkyl halides is 3. The molecule has 2 rings (SSSR count). The fraction of sp³-hybridized carbons (Fsp3) is 0.714. The molecule has 0 aromatic heterocycles. The van der Waals surface area contributed by atoms with Gasteiger partial charge >= 0.3 is 41.8 Å². The first-order valence-electron chi connectivity index (χ1n) is 14.5. The lowest BCUT2D eigenvalue weighted by molar-refractivity contribution is -0.355. The van der Waals surface area contributed by atoms with Crippen LogP contribution in [0.4, 0.5) is 0 Å². The Morgan fingerprint density at radius 3 is 1.24 bits per heavy atom. The predicted molar refractivity (Wildman–Crippen MR) is 162 cm³/mol. The van der Waals surface area contributed by atoms with Gasteiger partial charge in [-0.25, -0.2) is 0 Å². The number of hydrogen-bond donors (Lipinski definition) is 1. The van der Waals surface area contributed by atoms with E-state index < -0.39 is 126 Å². The van der Waals surface area contributed by atoms with Gasteiger partial charge in [-0.3, -0.25) is 39.0 Å². The quantitative estimate of drug-likeness (QED) is 0.0953. The highest BCUT2D eigenvalue weighted by atomic mass is 35.6. The summed E-state index contributed by atoms with van der Waals surface area (Å²) in [5.41, 5.74) is 0. The summed E-state index contributed by atoms with van der Waals surface area (Å²) < 4.78 is 58.1. The summed E-state index contributed by atoms with van der Waals surface area (Å²) in [5, 5.41) is 8.03. The molecule has 2 saturated heterocycles. The standard InChI is InChI=1S/C28H36Cl3NO18/c1-10(33)40-8-17-19(42-12(3)35)21(43-13(4)36)23(45-15(6)38)25(47-17)49-20-18(9-41-11(2)34)48-26(50-27(32)28(29,30)31)24(46-16(7)39)22(20)44-14(5)37/h17-26,32H,8-9H2,1-7H3. The molecule has 282 valence electrons. The van der Waals surface area contributed by atoms with Gasteiger partial charge in [0.25, 0.3) is 3.79 Å². The van der Waals surface area contributed by atoms with Gasteiger partial charge in [-0.2, -0.15) is 0 Å². The van der Waals surface area contributed by atoms with Crippen molar-refractivity contribution in [2.45, 2.75) is 114 Å². The minimum absolute atomic E-state index is 0.617. The summed E-state index contributed by atoms with van der Waals surface area (Å²) >= 11 is 17.3. The van der Waals surface area contributed by atoms with Crippen LogP contribution < -0.4 is 0 Å². The van der Waals surface area contributed by atoms with Crippen molar-refractivity contribution >= 4 is 82.5 Å². The number of ether oxygens (including phenoxy) is 11. The van der Waals surface area contributed by atoms with Crippen molar-refractivity contribution in [2.24, 2.45) is 0 Å². The van der Waals surface area contributed by atoms with Crippen LogP contribution in [0.25, 0.3) is 0 Å². The third kappa shape index (κ3) is 13.0. The van der Waals surface area contributed by atoms with Gasteiger partial charge in [0.1, 0.15) is 31.5 Å². The van der Waals surface area contributed by atoms with Crippen LogP contribution in [0, 0.1) is 5.41 Å². The number of hydrogen-bond acceptors (Lipinski definition) is 19. The van der Waals surface area contributed by atoms with E-state index in [4.69, 9.17) is 92.3 Å². The van der Waals surface area contributed by atoms with Crippen molar-refractivity contribution in [3.8, 4) is 0 Å². The lowest BCUT2D eigenvalue weighted by Crippen LogP contribution is -2.67. The van der Waals surface area contributed by atoms with Gasteiger partial charge in [-0.15, -0.1) is 0 Å². The van der Waals surface area contributed by atoms with Crippen molar-refractivity contribution in [1.82, 2.24) is 0 Å². The normalized spacial score (nSPS) is 29.3. The third-order valence-corrected chi connectivity index (χ3v) is 6.89. The molecule has 2 fully saturated rings. The molecule has 0 radical (unpaired) electrons. The summed E-state index contributed by atoms with van der Waals surface area (Å²) in [6.07, 6.45) is -17.0. The van der Waals surface area contributed by atoms with Gasteiger partial charge in [0, 0.05) is 48.5 Å². The zero-order valence-corrected chi connectivity index (χ0v) is 29.9. The van der Waals surface area contributed by atoms with Crippen LogP contribution in [0.1, 0.15) is 48.5 Å². The molecule has 0 spiro atoms. The highest BCUT2D eigenvalue weighted by Gasteiger charge is 2.58. The van der Waals surface area contributed by atoms with Crippen molar-refractivity contribution in [1.29, 1.82) is 5.41 Å². The molecule has 0 aromatic rings. The minimum Gasteiger partial charge on any atom is -0.463 e. The number of carbonyl (C=O) groups is 7. The minimum atomic E-state index is -2.45. The first-order valence-corrected chi connectivity index (χ1v) is 15.7. The van der Waals surface area contributed by atoms with Crippen molar-refractivity contribution in [3.63, 3.8) is 0 Å². The van der Waals surface area contributed by atoms with Gasteiger partial charge in [-0.05, 0) is 0 Å². The number of carbonyl (C=O) groups excluding carboxylic acids is 7. The Balaban J connectivity index is 2.77. The van der Waals surface area contributed by atoms with E-state index in [1.165, 1.54) is 0 Å². The molecule has 0 amide bonds. The van der Waals surface area contributed by atoms with Crippen LogP contribution >= 0.6 is 34.8 Å². The number of nitrogens with one attached hydrogen (secondary N) is 1. The molecule has 10 unspecified atom stereocenters. The number of esters is 7. The largest absolute Gasteiger partial charge is 0.463 e. The Hall–Kier alpha value is -3.49. The van der Waals surface area contributed by atoms with Crippen LogP contribution in [0.5, 0.6) is 0 Å². The average Bonchev–Trinajstić information content (AvgIpc) is 2.95. The zero-order valence-electron chi connectivity index (χ0n) is 27.7. The number of rotatable bonds is 12. The highest BCUT2D eigenvalue weighted by Crippen LogP contribution is 2.37. The predicted octanol–water partition coefficient (Wildman–Crippen LogP) is 0.970. The van der Waals surface area contributed by atoms with Gasteiger partial charge in [0.15, 0.2) is 30.7 Å². The average molecular weight is 781 g/mol. The van der Waals surface area contributed by atoms with E-state index in [2.05, 4.69) is 0 Å². The van der Waals surface area contributed by atoms with E-state index in [1.54, 1.807) is 0 Å². The maximum absolute atomic E-state index is 12.4. The smallest absolute Gasteiger partial charge is 0.303 e. The van der Waals surface area contributed by atoms with Crippen LogP contribution in [-0.4, -0.2) is 126 Å². The lowest BCUT2D eigenvalue weighted by atomic mass is 9.96. The summed E-state index contributed by atoms with van der Waals surface area (Å²) in [6.45, 7) is 5.79. The maximum Gasteiger partial charge on any atom is 0.303 e. The molecule has 2 aliphatic rings. The molecular formula is C28H36Cl3NO18. The molecule has 10 atom stereocenters. The van der Waals surface area contributed by atoms with Crippen LogP contribution in [-0.2, 0) is 85.7 Å². The molecule has 0 aromatic carbocycles. The fourth-order valence-corrected chi connectivity index (χ4v) is 4.88. The van der Waals surface area contributed by atoms with E-state index >= 15 is 0 Å². The second-order valence-electron chi connectivity index (χ2n) is 10.6. The summed E-state index contributed by atoms with van der Waals surface area (Å²) in [5.74, 6) is -7.37. The summed E-state index contributed by atoms with van der Waals surface area (Å²) in [7, 11) is 0. The van der Waals surface area contributed by atoms with Crippen LogP contribution in [0.3, 0.4) is 0 Å². The number of halogens is 3. The van der Waals surface area contributed by atoms with E-state index in [9.17, 15) is 33.6 Å². The van der Waals surface area contributed by atoms with E-state index in [0.29, 0.717) is 0 Å². The second-order valence-corrected chi connectivity index (χ2v) is 12.9. The van der Waals surface area contributed by atoms with Gasteiger partial charge in [0.2, 0.25) is 18.3 Å². The second kappa shape index (κ2) is 18.7. The molecule has 22 heteroatoms. The van der Waals surface area contributed by atoms with E-state index in [-0.39, 0.29) is 0 Å². The van der Waals surface area contributed by atoms with E-state index in [1.807, 2.05) is 0 Å². The first kappa shape index (κ1) is 42.7. The molecule has 0 aliphatic carbocycles. The zero-order chi connectivity index (χ0) is 38.1. The molecule has 50 heavy (non-hydrogen) atoms. The Morgan fingerprint density at radius 1 is 0.500 bits per heavy atom. The fourth-order valence-electron chi connectivity index (χ4n) is 4.75. The molecule has 19 nitrogen and oxygen atoms in total. The third-order valence-electron chi connectivity index (χ3n) is 6.38. The molecule has 0 saturated carbocycles. The van der Waals surface area contributed by atoms with Gasteiger partial charge in [0.05, 0.1) is 0 Å². The van der Waals surface area contributed by atoms with Crippen molar-refractivity contribution in [3.05, 3.63) is 0 Å².